The molecule has 7 heavy (non-hydrogen) atoms. The average Bonchev–Trinajstić information content (AvgIpc) is 1.35. The quantitative estimate of drug-likeness (QED) is 0.334. The molecule has 0 saturated heterocycles. The fourth-order valence-electron chi connectivity index (χ4n) is 0.142. The molecule has 0 aliphatic carbocycles. The molecule has 0 bridgehead atoms. The maximum Gasteiger partial charge on any atom is 0.151 e. The van der Waals surface area contributed by atoms with Crippen LogP contribution in [0.3, 0.4) is 0 Å². The molecule has 0 N–H and O–H groups in total. The van der Waals surface area contributed by atoms with E-state index in [1.165, 1.54) is 0 Å². The Hall–Kier alpha value is 0.334. The number of hydrogen-bond donors (Lipinski definition) is 0. The second-order valence-electron chi connectivity index (χ2n) is 0.959. The molecule has 0 saturated carbocycles. The molecule has 1 nitrogen and oxygen atoms in total. The van der Waals surface area contributed by atoms with Gasteiger partial charge in [0.05, 0.1) is 0 Å². The average molecular weight is 161 g/mol. The summed E-state index contributed by atoms with van der Waals surface area (Å²) in [5, 5.41) is 0. The monoisotopic (exact) mass is 160 g/mol. The Bertz CT molecular complexity index is 72.1. The second-order valence-corrected chi connectivity index (χ2v) is 1.60. The third kappa shape index (κ3) is 10.7. The molecule has 0 spiro atoms. The fourth-order valence-corrected chi connectivity index (χ4v) is 0.309. The van der Waals surface area contributed by atoms with Crippen LogP contribution < -0.4 is 0 Å². The molecule has 0 heterocycles. The molecule has 0 aliphatic heterocycles. The van der Waals surface area contributed by atoms with E-state index in [0.29, 0.717) is 6.42 Å². The fraction of sp³-hybridized carbons (Fsp3) is 0.250. The van der Waals surface area contributed by atoms with Crippen molar-refractivity contribution in [3.63, 3.8) is 0 Å². The molecule has 1 atom stereocenters. The first-order valence-corrected chi connectivity index (χ1v) is 2.24. The van der Waals surface area contributed by atoms with E-state index in [0.717, 1.165) is 0 Å². The Labute approximate surface area is 55.7 Å². The second kappa shape index (κ2) is 6.33. The Morgan fingerprint density at radius 3 is 2.29 bits per heavy atom. The molecule has 3 heteroatoms. The van der Waals surface area contributed by atoms with Gasteiger partial charge in [-0.05, 0) is 0 Å². The van der Waals surface area contributed by atoms with Crippen molar-refractivity contribution >= 4 is 14.8 Å². The van der Waals surface area contributed by atoms with Gasteiger partial charge in [-0.2, -0.15) is 0 Å². The van der Waals surface area contributed by atoms with E-state index in [2.05, 4.69) is 15.8 Å². The summed E-state index contributed by atoms with van der Waals surface area (Å²) < 4.78 is 0. The van der Waals surface area contributed by atoms with Crippen LogP contribution in [0, 0.1) is 0 Å². The smallest absolute Gasteiger partial charge is 0.151 e. The topological polar surface area (TPSA) is 17.1 Å². The van der Waals surface area contributed by atoms with Gasteiger partial charge in [0.15, 0.2) is 5.52 Å². The minimum Gasteiger partial charge on any atom is -0.295 e. The molecule has 44 valence electrons. The summed E-state index contributed by atoms with van der Waals surface area (Å²) in [7, 11) is 2.07. The number of rotatable bonds is 2. The van der Waals surface area contributed by atoms with Gasteiger partial charge in [0.2, 0.25) is 0 Å². The molecule has 0 aliphatic rings. The SMILES string of the molecule is C=CCC(=O)P.[Ni]. The summed E-state index contributed by atoms with van der Waals surface area (Å²) in [6.45, 7) is 3.37. The Morgan fingerprint density at radius 2 is 2.29 bits per heavy atom. The van der Waals surface area contributed by atoms with Crippen molar-refractivity contribution in [3.8, 4) is 0 Å². The largest absolute Gasteiger partial charge is 0.295 e. The summed E-state index contributed by atoms with van der Waals surface area (Å²) in [6, 6.07) is 0. The maximum atomic E-state index is 9.94. The van der Waals surface area contributed by atoms with Gasteiger partial charge < -0.3 is 0 Å². The van der Waals surface area contributed by atoms with Gasteiger partial charge in [-0.3, -0.25) is 4.79 Å². The van der Waals surface area contributed by atoms with Crippen LogP contribution in [0.15, 0.2) is 12.7 Å². The molecular formula is C4H7NiOP. The number of carbonyl (C=O) groups excluding carboxylic acids is 1. The molecule has 0 aromatic rings. The maximum absolute atomic E-state index is 9.94. The molecule has 0 aromatic heterocycles. The number of hydrogen-bond acceptors (Lipinski definition) is 1. The molecule has 0 fully saturated rings. The standard InChI is InChI=1S/C4H7OP.Ni/c1-2-3-4(5)6;/h2H,1,3,6H2;. The van der Waals surface area contributed by atoms with Crippen LogP contribution in [0.2, 0.25) is 0 Å². The van der Waals surface area contributed by atoms with Crippen molar-refractivity contribution in [2.45, 2.75) is 6.42 Å². The molecule has 0 radical (unpaired) electrons. The van der Waals surface area contributed by atoms with Gasteiger partial charge >= 0.3 is 0 Å². The normalized spacial score (nSPS) is 6.43. The molecular weight excluding hydrogens is 154 g/mol. The zero-order valence-electron chi connectivity index (χ0n) is 3.79. The summed E-state index contributed by atoms with van der Waals surface area (Å²) >= 11 is 0. The first-order chi connectivity index (χ1) is 2.77. The van der Waals surface area contributed by atoms with E-state index in [-0.39, 0.29) is 22.0 Å². The van der Waals surface area contributed by atoms with Crippen LogP contribution in [-0.2, 0) is 21.3 Å². The van der Waals surface area contributed by atoms with Gasteiger partial charge in [-0.1, -0.05) is 15.3 Å². The Balaban J connectivity index is 0. The van der Waals surface area contributed by atoms with Crippen LogP contribution in [-0.4, -0.2) is 5.52 Å². The van der Waals surface area contributed by atoms with E-state index in [9.17, 15) is 4.79 Å². The number of carbonyl (C=O) groups is 1. The third-order valence-corrected chi connectivity index (χ3v) is 0.581. The van der Waals surface area contributed by atoms with Crippen molar-refractivity contribution in [1.29, 1.82) is 0 Å². The van der Waals surface area contributed by atoms with Crippen molar-refractivity contribution in [1.82, 2.24) is 0 Å². The van der Waals surface area contributed by atoms with Crippen LogP contribution in [0.25, 0.3) is 0 Å². The van der Waals surface area contributed by atoms with Gasteiger partial charge in [0.1, 0.15) is 0 Å². The van der Waals surface area contributed by atoms with Crippen molar-refractivity contribution in [2.24, 2.45) is 0 Å². The van der Waals surface area contributed by atoms with E-state index in [1.807, 2.05) is 0 Å². The predicted octanol–water partition coefficient (Wildman–Crippen LogP) is 0.962. The van der Waals surface area contributed by atoms with Crippen LogP contribution >= 0.6 is 9.24 Å². The molecule has 1 unspecified atom stereocenters. The number of allylic oxidation sites excluding steroid dienone is 1. The van der Waals surface area contributed by atoms with Crippen LogP contribution in [0.1, 0.15) is 6.42 Å². The minimum atomic E-state index is 0. The Morgan fingerprint density at radius 1 is 1.86 bits per heavy atom. The summed E-state index contributed by atoms with van der Waals surface area (Å²) in [4.78, 5) is 9.94. The zero-order chi connectivity index (χ0) is 4.99. The summed E-state index contributed by atoms with van der Waals surface area (Å²) in [5.74, 6) is 0. The van der Waals surface area contributed by atoms with Crippen LogP contribution in [0.5, 0.6) is 0 Å². The van der Waals surface area contributed by atoms with Gasteiger partial charge in [-0.15, -0.1) is 6.58 Å². The third-order valence-electron chi connectivity index (χ3n) is 0.346. The van der Waals surface area contributed by atoms with Crippen molar-refractivity contribution in [3.05, 3.63) is 12.7 Å². The van der Waals surface area contributed by atoms with Crippen molar-refractivity contribution in [2.75, 3.05) is 0 Å². The first kappa shape index (κ1) is 10.3. The molecule has 0 aromatic carbocycles. The van der Waals surface area contributed by atoms with Gasteiger partial charge in [-0.25, -0.2) is 0 Å². The predicted molar refractivity (Wildman–Crippen MR) is 29.5 cm³/mol. The van der Waals surface area contributed by atoms with E-state index < -0.39 is 0 Å². The van der Waals surface area contributed by atoms with Gasteiger partial charge in [0, 0.05) is 22.9 Å². The van der Waals surface area contributed by atoms with E-state index in [4.69, 9.17) is 0 Å². The van der Waals surface area contributed by atoms with E-state index >= 15 is 0 Å². The summed E-state index contributed by atoms with van der Waals surface area (Å²) in [6.07, 6.45) is 2.04. The minimum absolute atomic E-state index is 0. The molecule has 0 rings (SSSR count). The van der Waals surface area contributed by atoms with Gasteiger partial charge in [0.25, 0.3) is 0 Å². The molecule has 0 amide bonds. The van der Waals surface area contributed by atoms with E-state index in [1.54, 1.807) is 6.08 Å². The van der Waals surface area contributed by atoms with Crippen LogP contribution in [0.4, 0.5) is 0 Å². The Kier molecular flexibility index (Phi) is 9.36. The van der Waals surface area contributed by atoms with Crippen molar-refractivity contribution < 1.29 is 21.3 Å². The summed E-state index contributed by atoms with van der Waals surface area (Å²) in [5.41, 5.74) is 0.0880. The first-order valence-electron chi connectivity index (χ1n) is 1.66. The zero-order valence-corrected chi connectivity index (χ0v) is 5.94.